The van der Waals surface area contributed by atoms with Crippen LogP contribution >= 0.6 is 0 Å². The minimum atomic E-state index is -1.37. The molecule has 196 valence electrons. The minimum absolute atomic E-state index is 0. The predicted octanol–water partition coefficient (Wildman–Crippen LogP) is 3.57. The Morgan fingerprint density at radius 3 is 1.19 bits per heavy atom. The topological polar surface area (TPSA) is 133 Å². The summed E-state index contributed by atoms with van der Waals surface area (Å²) in [5, 5.41) is 21.6. The summed E-state index contributed by atoms with van der Waals surface area (Å²) in [6.07, 6.45) is 8.04. The molecule has 0 unspecified atom stereocenters. The number of rotatable bonds is 14. The van der Waals surface area contributed by atoms with E-state index in [1.165, 1.54) is 24.3 Å². The fraction of sp³-hybridized carbons (Fsp3) is 0.429. The van der Waals surface area contributed by atoms with Gasteiger partial charge in [-0.3, -0.25) is 0 Å². The Morgan fingerprint density at radius 2 is 0.892 bits per heavy atom. The summed E-state index contributed by atoms with van der Waals surface area (Å²) in [6, 6.07) is 11.8. The Kier molecular flexibility index (Phi) is 18.4. The second-order valence-corrected chi connectivity index (χ2v) is 8.06. The van der Waals surface area contributed by atoms with Crippen molar-refractivity contribution in [2.45, 2.75) is 65.2 Å². The Labute approximate surface area is 231 Å². The van der Waals surface area contributed by atoms with Gasteiger partial charge in [0.15, 0.2) is 0 Å². The first-order valence-corrected chi connectivity index (χ1v) is 12.3. The van der Waals surface area contributed by atoms with Gasteiger partial charge in [-0.1, -0.05) is 88.8 Å². The summed E-state index contributed by atoms with van der Waals surface area (Å²) >= 11 is 0. The first-order chi connectivity index (χ1) is 17.3. The van der Waals surface area contributed by atoms with Crippen LogP contribution in [0, 0.1) is 0 Å². The Morgan fingerprint density at radius 1 is 0.568 bits per heavy atom. The number of hydrogen-bond acceptors (Lipinski definition) is 8. The van der Waals surface area contributed by atoms with Crippen molar-refractivity contribution in [3.8, 4) is 0 Å². The van der Waals surface area contributed by atoms with Crippen LogP contribution in [-0.2, 0) is 29.0 Å². The average molecular weight is 564 g/mol. The fourth-order valence-electron chi connectivity index (χ4n) is 3.22. The van der Waals surface area contributed by atoms with Crippen molar-refractivity contribution in [2.75, 3.05) is 13.2 Å². The first-order valence-electron chi connectivity index (χ1n) is 12.3. The van der Waals surface area contributed by atoms with E-state index >= 15 is 0 Å². The van der Waals surface area contributed by atoms with E-state index in [-0.39, 0.29) is 41.7 Å². The molecular formula is C28H34O8Zn. The van der Waals surface area contributed by atoms with E-state index < -0.39 is 23.9 Å². The van der Waals surface area contributed by atoms with Gasteiger partial charge in [-0.2, -0.15) is 0 Å². The van der Waals surface area contributed by atoms with Crippen LogP contribution in [0.15, 0.2) is 48.5 Å². The summed E-state index contributed by atoms with van der Waals surface area (Å²) in [7, 11) is 0. The van der Waals surface area contributed by atoms with E-state index in [9.17, 15) is 29.4 Å². The number of hydrogen-bond donors (Lipinski definition) is 0. The summed E-state index contributed by atoms with van der Waals surface area (Å²) in [5.74, 6) is -3.94. The van der Waals surface area contributed by atoms with E-state index in [4.69, 9.17) is 9.47 Å². The van der Waals surface area contributed by atoms with Gasteiger partial charge in [-0.15, -0.1) is 0 Å². The smallest absolute Gasteiger partial charge is 0.545 e. The van der Waals surface area contributed by atoms with Crippen LogP contribution in [0.3, 0.4) is 0 Å². The van der Waals surface area contributed by atoms with Gasteiger partial charge in [0.25, 0.3) is 0 Å². The maximum Gasteiger partial charge on any atom is 2.00 e. The van der Waals surface area contributed by atoms with E-state index in [1.54, 1.807) is 24.3 Å². The van der Waals surface area contributed by atoms with E-state index in [2.05, 4.69) is 13.8 Å². The first kappa shape index (κ1) is 33.9. The number of carbonyl (C=O) groups excluding carboxylic acids is 4. The van der Waals surface area contributed by atoms with Crippen molar-refractivity contribution in [3.05, 3.63) is 70.8 Å². The van der Waals surface area contributed by atoms with Crippen molar-refractivity contribution < 1.29 is 58.3 Å². The number of ether oxygens (including phenoxy) is 2. The van der Waals surface area contributed by atoms with Crippen molar-refractivity contribution >= 4 is 23.9 Å². The summed E-state index contributed by atoms with van der Waals surface area (Å²) in [4.78, 5) is 45.0. The molecule has 37 heavy (non-hydrogen) atoms. The SMILES string of the molecule is CCCCCCOC(=O)c1ccccc1C(=O)[O-].CCCCCCOC(=O)c1ccccc1C(=O)[O-].[Zn+2]. The number of carboxylic acids is 2. The molecule has 0 heterocycles. The molecule has 0 radical (unpaired) electrons. The summed E-state index contributed by atoms with van der Waals surface area (Å²) in [6.45, 7) is 4.84. The molecule has 0 amide bonds. The van der Waals surface area contributed by atoms with Crippen LogP contribution in [0.1, 0.15) is 107 Å². The zero-order chi connectivity index (χ0) is 26.8. The molecular weight excluding hydrogens is 530 g/mol. The van der Waals surface area contributed by atoms with Crippen LogP contribution in [0.4, 0.5) is 0 Å². The molecule has 8 nitrogen and oxygen atoms in total. The molecule has 9 heteroatoms. The molecule has 0 aromatic heterocycles. The third-order valence-corrected chi connectivity index (χ3v) is 5.20. The average Bonchev–Trinajstić information content (AvgIpc) is 2.88. The molecule has 0 spiro atoms. The quantitative estimate of drug-likeness (QED) is 0.193. The van der Waals surface area contributed by atoms with Crippen molar-refractivity contribution in [1.82, 2.24) is 0 Å². The third-order valence-electron chi connectivity index (χ3n) is 5.20. The molecule has 0 aliphatic rings. The Balaban J connectivity index is 0.000000682. The maximum absolute atomic E-state index is 11.7. The normalized spacial score (nSPS) is 9.78. The van der Waals surface area contributed by atoms with Crippen LogP contribution in [0.25, 0.3) is 0 Å². The third kappa shape index (κ3) is 13.2. The van der Waals surface area contributed by atoms with Gasteiger partial charge in [-0.25, -0.2) is 9.59 Å². The van der Waals surface area contributed by atoms with Gasteiger partial charge >= 0.3 is 31.4 Å². The number of aromatic carboxylic acids is 2. The summed E-state index contributed by atoms with van der Waals surface area (Å²) < 4.78 is 10.1. The van der Waals surface area contributed by atoms with E-state index in [0.717, 1.165) is 51.4 Å². The molecule has 0 N–H and O–H groups in total. The van der Waals surface area contributed by atoms with Gasteiger partial charge < -0.3 is 29.3 Å². The zero-order valence-corrected chi connectivity index (χ0v) is 24.6. The molecule has 0 saturated heterocycles. The molecule has 0 bridgehead atoms. The number of esters is 2. The maximum atomic E-state index is 11.7. The fourth-order valence-corrected chi connectivity index (χ4v) is 3.22. The number of carbonyl (C=O) groups is 4. The predicted molar refractivity (Wildman–Crippen MR) is 130 cm³/mol. The Hall–Kier alpha value is -3.06. The van der Waals surface area contributed by atoms with Crippen LogP contribution < -0.4 is 10.2 Å². The molecule has 0 fully saturated rings. The number of benzene rings is 2. The van der Waals surface area contributed by atoms with Gasteiger partial charge in [-0.05, 0) is 25.0 Å². The minimum Gasteiger partial charge on any atom is -0.545 e. The molecule has 0 aliphatic carbocycles. The van der Waals surface area contributed by atoms with Gasteiger partial charge in [0.2, 0.25) is 0 Å². The van der Waals surface area contributed by atoms with Crippen molar-refractivity contribution in [3.63, 3.8) is 0 Å². The zero-order valence-electron chi connectivity index (χ0n) is 21.7. The molecule has 2 aromatic carbocycles. The Bertz CT molecular complexity index is 910. The molecule has 2 rings (SSSR count). The van der Waals surface area contributed by atoms with Crippen molar-refractivity contribution in [1.29, 1.82) is 0 Å². The molecule has 0 aliphatic heterocycles. The van der Waals surface area contributed by atoms with E-state index in [0.29, 0.717) is 13.2 Å². The molecule has 0 atom stereocenters. The second kappa shape index (κ2) is 20.1. The second-order valence-electron chi connectivity index (χ2n) is 8.06. The monoisotopic (exact) mass is 562 g/mol. The van der Waals surface area contributed by atoms with Crippen LogP contribution in [0.2, 0.25) is 0 Å². The number of carboxylic acid groups (broad SMARTS) is 2. The standard InChI is InChI=1S/2C14H18O4.Zn/c2*1-2-3-4-7-10-18-14(17)12-9-6-5-8-11(12)13(15)16;/h2*5-6,8-9H,2-4,7,10H2,1H3,(H,15,16);/q;;+2/p-2. The summed E-state index contributed by atoms with van der Waals surface area (Å²) in [5.41, 5.74) is -0.159. The van der Waals surface area contributed by atoms with E-state index in [1.807, 2.05) is 0 Å². The van der Waals surface area contributed by atoms with Gasteiger partial charge in [0, 0.05) is 11.1 Å². The largest absolute Gasteiger partial charge is 2.00 e. The van der Waals surface area contributed by atoms with Gasteiger partial charge in [0.05, 0.1) is 36.3 Å². The van der Waals surface area contributed by atoms with Crippen LogP contribution in [-0.4, -0.2) is 37.1 Å². The number of unbranched alkanes of at least 4 members (excludes halogenated alkanes) is 6. The van der Waals surface area contributed by atoms with Gasteiger partial charge in [0.1, 0.15) is 0 Å². The van der Waals surface area contributed by atoms with Crippen molar-refractivity contribution in [2.24, 2.45) is 0 Å². The molecule has 0 saturated carbocycles. The molecule has 2 aromatic rings. The van der Waals surface area contributed by atoms with Crippen LogP contribution in [0.5, 0.6) is 0 Å².